The monoisotopic (exact) mass is 348 g/mol. The van der Waals surface area contributed by atoms with E-state index in [9.17, 15) is 13.2 Å². The summed E-state index contributed by atoms with van der Waals surface area (Å²) in [5.41, 5.74) is 1.01. The van der Waals surface area contributed by atoms with E-state index in [2.05, 4.69) is 10.0 Å². The molecule has 0 saturated carbocycles. The zero-order valence-electron chi connectivity index (χ0n) is 13.6. The largest absolute Gasteiger partial charge is 0.494 e. The van der Waals surface area contributed by atoms with Crippen molar-refractivity contribution in [3.05, 3.63) is 54.1 Å². The minimum atomic E-state index is -3.48. The molecule has 0 aliphatic carbocycles. The van der Waals surface area contributed by atoms with Crippen molar-refractivity contribution in [1.82, 2.24) is 4.72 Å². The molecule has 0 aromatic heterocycles. The highest BCUT2D eigenvalue weighted by Gasteiger charge is 2.11. The van der Waals surface area contributed by atoms with Crippen molar-refractivity contribution in [1.29, 1.82) is 0 Å². The average molecular weight is 348 g/mol. The molecule has 128 valence electrons. The predicted molar refractivity (Wildman–Crippen MR) is 92.9 cm³/mol. The number of anilines is 1. The third-order valence-corrected chi connectivity index (χ3v) is 4.71. The van der Waals surface area contributed by atoms with E-state index >= 15 is 0 Å². The fraction of sp³-hybridized carbons (Fsp3) is 0.235. The molecule has 0 bridgehead atoms. The van der Waals surface area contributed by atoms with Crippen LogP contribution < -0.4 is 14.8 Å². The van der Waals surface area contributed by atoms with Gasteiger partial charge in [0.05, 0.1) is 11.5 Å². The average Bonchev–Trinajstić information content (AvgIpc) is 2.60. The molecular weight excluding hydrogens is 328 g/mol. The van der Waals surface area contributed by atoms with Gasteiger partial charge in [0, 0.05) is 11.3 Å². The first kappa shape index (κ1) is 18.0. The summed E-state index contributed by atoms with van der Waals surface area (Å²) in [6, 6.07) is 12.8. The highest BCUT2D eigenvalue weighted by molar-refractivity contribution is 7.89. The maximum absolute atomic E-state index is 12.2. The Kier molecular flexibility index (Phi) is 5.94. The van der Waals surface area contributed by atoms with E-state index in [1.54, 1.807) is 36.4 Å². The lowest BCUT2D eigenvalue weighted by Crippen LogP contribution is -2.18. The molecule has 0 saturated heterocycles. The standard InChI is InChI=1S/C17H20N2O4S/c1-3-12-23-15-8-4-13(5-9-15)17(20)19-14-6-10-16(11-7-14)24(21,22)18-2/h4-11,18H,3,12H2,1-2H3,(H,19,20). The van der Waals surface area contributed by atoms with Crippen molar-refractivity contribution in [3.8, 4) is 5.75 Å². The second-order valence-electron chi connectivity index (χ2n) is 5.06. The van der Waals surface area contributed by atoms with Crippen molar-refractivity contribution in [2.75, 3.05) is 19.0 Å². The smallest absolute Gasteiger partial charge is 0.255 e. The van der Waals surface area contributed by atoms with Gasteiger partial charge in [-0.05, 0) is 62.0 Å². The quantitative estimate of drug-likeness (QED) is 0.805. The van der Waals surface area contributed by atoms with E-state index in [1.807, 2.05) is 6.92 Å². The maximum atomic E-state index is 12.2. The number of hydrogen-bond acceptors (Lipinski definition) is 4. The van der Waals surface area contributed by atoms with Crippen molar-refractivity contribution in [2.45, 2.75) is 18.2 Å². The molecule has 0 spiro atoms. The molecule has 0 atom stereocenters. The molecule has 2 aromatic carbocycles. The third kappa shape index (κ3) is 4.56. The number of nitrogens with one attached hydrogen (secondary N) is 2. The van der Waals surface area contributed by atoms with Crippen LogP contribution in [0.3, 0.4) is 0 Å². The van der Waals surface area contributed by atoms with Gasteiger partial charge in [0.15, 0.2) is 0 Å². The van der Waals surface area contributed by atoms with Crippen molar-refractivity contribution < 1.29 is 17.9 Å². The maximum Gasteiger partial charge on any atom is 0.255 e. The van der Waals surface area contributed by atoms with E-state index in [1.165, 1.54) is 19.2 Å². The zero-order valence-corrected chi connectivity index (χ0v) is 14.4. The first-order valence-electron chi connectivity index (χ1n) is 7.54. The van der Waals surface area contributed by atoms with Gasteiger partial charge in [0.2, 0.25) is 10.0 Å². The summed E-state index contributed by atoms with van der Waals surface area (Å²) in [6.45, 7) is 2.66. The number of rotatable bonds is 7. The molecule has 0 aliphatic rings. The van der Waals surface area contributed by atoms with Gasteiger partial charge in [-0.15, -0.1) is 0 Å². The van der Waals surface area contributed by atoms with Gasteiger partial charge >= 0.3 is 0 Å². The van der Waals surface area contributed by atoms with E-state index < -0.39 is 10.0 Å². The normalized spacial score (nSPS) is 11.1. The molecule has 7 heteroatoms. The molecule has 2 N–H and O–H groups in total. The van der Waals surface area contributed by atoms with Gasteiger partial charge in [-0.3, -0.25) is 4.79 Å². The van der Waals surface area contributed by atoms with Gasteiger partial charge in [-0.25, -0.2) is 13.1 Å². The molecule has 0 radical (unpaired) electrons. The van der Waals surface area contributed by atoms with Gasteiger partial charge in [0.25, 0.3) is 5.91 Å². The molecule has 0 unspecified atom stereocenters. The number of amides is 1. The number of ether oxygens (including phenoxy) is 1. The van der Waals surface area contributed by atoms with Gasteiger partial charge < -0.3 is 10.1 Å². The highest BCUT2D eigenvalue weighted by atomic mass is 32.2. The minimum absolute atomic E-state index is 0.139. The number of sulfonamides is 1. The van der Waals surface area contributed by atoms with Crippen LogP contribution in [-0.2, 0) is 10.0 Å². The van der Waals surface area contributed by atoms with Gasteiger partial charge in [-0.2, -0.15) is 0 Å². The van der Waals surface area contributed by atoms with Crippen molar-refractivity contribution in [3.63, 3.8) is 0 Å². The molecule has 0 fully saturated rings. The molecule has 1 amide bonds. The Hall–Kier alpha value is -2.38. The Morgan fingerprint density at radius 2 is 1.67 bits per heavy atom. The fourth-order valence-corrected chi connectivity index (χ4v) is 2.69. The SMILES string of the molecule is CCCOc1ccc(C(=O)Nc2ccc(S(=O)(=O)NC)cc2)cc1. The van der Waals surface area contributed by atoms with Crippen LogP contribution in [0.1, 0.15) is 23.7 Å². The lowest BCUT2D eigenvalue weighted by molar-refractivity contribution is 0.102. The summed E-state index contributed by atoms with van der Waals surface area (Å²) >= 11 is 0. The summed E-state index contributed by atoms with van der Waals surface area (Å²) < 4.78 is 31.0. The molecule has 2 aromatic rings. The summed E-state index contributed by atoms with van der Waals surface area (Å²) in [7, 11) is -2.14. The minimum Gasteiger partial charge on any atom is -0.494 e. The Balaban J connectivity index is 2.04. The molecule has 6 nitrogen and oxygen atoms in total. The molecular formula is C17H20N2O4S. The molecule has 0 heterocycles. The van der Waals surface area contributed by atoms with Crippen LogP contribution in [0.15, 0.2) is 53.4 Å². The number of benzene rings is 2. The number of hydrogen-bond donors (Lipinski definition) is 2. The van der Waals surface area contributed by atoms with Crippen LogP contribution in [0.4, 0.5) is 5.69 Å². The van der Waals surface area contributed by atoms with Crippen LogP contribution in [-0.4, -0.2) is 28.0 Å². The van der Waals surface area contributed by atoms with E-state index in [-0.39, 0.29) is 10.8 Å². The molecule has 0 aliphatic heterocycles. The van der Waals surface area contributed by atoms with Crippen LogP contribution in [0.2, 0.25) is 0 Å². The Labute approximate surface area is 141 Å². The Morgan fingerprint density at radius 1 is 1.04 bits per heavy atom. The lowest BCUT2D eigenvalue weighted by atomic mass is 10.2. The van der Waals surface area contributed by atoms with Gasteiger partial charge in [0.1, 0.15) is 5.75 Å². The zero-order chi connectivity index (χ0) is 17.6. The lowest BCUT2D eigenvalue weighted by Gasteiger charge is -2.08. The first-order chi connectivity index (χ1) is 11.5. The van der Waals surface area contributed by atoms with Crippen molar-refractivity contribution in [2.24, 2.45) is 0 Å². The van der Waals surface area contributed by atoms with E-state index in [0.29, 0.717) is 17.9 Å². The second-order valence-corrected chi connectivity index (χ2v) is 6.95. The molecule has 2 rings (SSSR count). The summed E-state index contributed by atoms with van der Waals surface area (Å²) in [6.07, 6.45) is 0.918. The van der Waals surface area contributed by atoms with Crippen LogP contribution >= 0.6 is 0 Å². The van der Waals surface area contributed by atoms with Crippen LogP contribution in [0.5, 0.6) is 5.75 Å². The van der Waals surface area contributed by atoms with E-state index in [0.717, 1.165) is 12.2 Å². The summed E-state index contributed by atoms with van der Waals surface area (Å²) in [4.78, 5) is 12.3. The number of carbonyl (C=O) groups is 1. The van der Waals surface area contributed by atoms with Gasteiger partial charge in [-0.1, -0.05) is 6.92 Å². The van der Waals surface area contributed by atoms with Crippen molar-refractivity contribution >= 4 is 21.6 Å². The fourth-order valence-electron chi connectivity index (χ4n) is 1.96. The van der Waals surface area contributed by atoms with E-state index in [4.69, 9.17) is 4.74 Å². The van der Waals surface area contributed by atoms with Crippen LogP contribution in [0, 0.1) is 0 Å². The second kappa shape index (κ2) is 7.94. The Morgan fingerprint density at radius 3 is 2.21 bits per heavy atom. The predicted octanol–water partition coefficient (Wildman–Crippen LogP) is 2.64. The Bertz CT molecular complexity index is 784. The first-order valence-corrected chi connectivity index (χ1v) is 9.02. The number of carbonyl (C=O) groups excluding carboxylic acids is 1. The van der Waals surface area contributed by atoms with Crippen LogP contribution in [0.25, 0.3) is 0 Å². The summed E-state index contributed by atoms with van der Waals surface area (Å²) in [5, 5.41) is 2.72. The topological polar surface area (TPSA) is 84.5 Å². The summed E-state index contributed by atoms with van der Waals surface area (Å²) in [5.74, 6) is 0.441. The highest BCUT2D eigenvalue weighted by Crippen LogP contribution is 2.16. The molecule has 24 heavy (non-hydrogen) atoms. The third-order valence-electron chi connectivity index (χ3n) is 3.28.